The highest BCUT2D eigenvalue weighted by atomic mass is 19.3. The third-order valence-electron chi connectivity index (χ3n) is 2.13. The Kier molecular flexibility index (Phi) is 3.15. The molecule has 0 spiro atoms. The maximum absolute atomic E-state index is 12.2. The number of rotatable bonds is 3. The van der Waals surface area contributed by atoms with E-state index in [0.29, 0.717) is 12.0 Å². The molecule has 2 aromatic rings. The molecule has 0 aliphatic rings. The molecule has 0 atom stereocenters. The summed E-state index contributed by atoms with van der Waals surface area (Å²) in [6.45, 7) is 0. The molecule has 0 N–H and O–H groups in total. The van der Waals surface area contributed by atoms with E-state index in [2.05, 4.69) is 16.1 Å². The molecule has 0 aliphatic heterocycles. The van der Waals surface area contributed by atoms with E-state index >= 15 is 0 Å². The van der Waals surface area contributed by atoms with Crippen LogP contribution in [0, 0.1) is 12.3 Å². The molecule has 0 saturated heterocycles. The average molecular weight is 234 g/mol. The van der Waals surface area contributed by atoms with Gasteiger partial charge in [0.25, 0.3) is 5.89 Å². The van der Waals surface area contributed by atoms with Gasteiger partial charge in [0.1, 0.15) is 0 Å². The summed E-state index contributed by atoms with van der Waals surface area (Å²) in [5.74, 6) is 1.91. The monoisotopic (exact) mass is 234 g/mol. The van der Waals surface area contributed by atoms with Crippen molar-refractivity contribution in [3.63, 3.8) is 0 Å². The van der Waals surface area contributed by atoms with Crippen molar-refractivity contribution in [2.75, 3.05) is 0 Å². The van der Waals surface area contributed by atoms with E-state index in [1.807, 2.05) is 0 Å². The summed E-state index contributed by atoms with van der Waals surface area (Å²) in [6, 6.07) is 6.99. The van der Waals surface area contributed by atoms with Crippen molar-refractivity contribution in [1.82, 2.24) is 10.2 Å². The first-order valence-corrected chi connectivity index (χ1v) is 4.85. The molecule has 0 saturated carbocycles. The lowest BCUT2D eigenvalue weighted by Crippen LogP contribution is -1.82. The van der Waals surface area contributed by atoms with Gasteiger partial charge >= 0.3 is 6.43 Å². The lowest BCUT2D eigenvalue weighted by molar-refractivity contribution is 0.116. The van der Waals surface area contributed by atoms with Crippen molar-refractivity contribution in [1.29, 1.82) is 0 Å². The molecule has 0 bridgehead atoms. The van der Waals surface area contributed by atoms with Gasteiger partial charge in [-0.15, -0.1) is 22.5 Å². The van der Waals surface area contributed by atoms with Crippen LogP contribution in [0.3, 0.4) is 0 Å². The van der Waals surface area contributed by atoms with Crippen LogP contribution in [0.5, 0.6) is 0 Å². The summed E-state index contributed by atoms with van der Waals surface area (Å²) in [4.78, 5) is 0. The smallest absolute Gasteiger partial charge is 0.314 e. The lowest BCUT2D eigenvalue weighted by atomic mass is 10.1. The number of aromatic nitrogens is 2. The predicted molar refractivity (Wildman–Crippen MR) is 57.2 cm³/mol. The first-order valence-electron chi connectivity index (χ1n) is 4.85. The van der Waals surface area contributed by atoms with Crippen molar-refractivity contribution >= 4 is 0 Å². The number of hydrogen-bond acceptors (Lipinski definition) is 3. The van der Waals surface area contributed by atoms with Crippen LogP contribution in [-0.2, 0) is 6.42 Å². The van der Waals surface area contributed by atoms with E-state index in [0.717, 1.165) is 5.56 Å². The number of terminal acetylenes is 1. The van der Waals surface area contributed by atoms with Gasteiger partial charge in [-0.3, -0.25) is 0 Å². The number of nitrogens with zero attached hydrogens (tertiary/aromatic N) is 2. The average Bonchev–Trinajstić information content (AvgIpc) is 2.80. The fourth-order valence-corrected chi connectivity index (χ4v) is 1.32. The van der Waals surface area contributed by atoms with Crippen molar-refractivity contribution in [3.8, 4) is 23.8 Å². The number of hydrogen-bond donors (Lipinski definition) is 0. The predicted octanol–water partition coefficient (Wildman–Crippen LogP) is 2.85. The first kappa shape index (κ1) is 11.3. The highest BCUT2D eigenvalue weighted by Crippen LogP contribution is 2.23. The maximum Gasteiger partial charge on any atom is 0.314 e. The summed E-state index contributed by atoms with van der Waals surface area (Å²) in [7, 11) is 0. The van der Waals surface area contributed by atoms with Gasteiger partial charge in [0.2, 0.25) is 5.89 Å². The topological polar surface area (TPSA) is 38.9 Å². The number of halogens is 2. The van der Waals surface area contributed by atoms with Crippen molar-refractivity contribution in [2.45, 2.75) is 12.8 Å². The summed E-state index contributed by atoms with van der Waals surface area (Å²) in [5, 5.41) is 6.80. The van der Waals surface area contributed by atoms with Crippen molar-refractivity contribution in [2.24, 2.45) is 0 Å². The molecule has 0 aliphatic carbocycles. The normalized spacial score (nSPS) is 10.5. The fraction of sp³-hybridized carbons (Fsp3) is 0.167. The lowest BCUT2D eigenvalue weighted by Gasteiger charge is -1.97. The third kappa shape index (κ3) is 2.48. The summed E-state index contributed by atoms with van der Waals surface area (Å²) in [5.41, 5.74) is 1.55. The van der Waals surface area contributed by atoms with Gasteiger partial charge in [0, 0.05) is 12.0 Å². The van der Waals surface area contributed by atoms with Crippen LogP contribution in [0.1, 0.15) is 17.9 Å². The van der Waals surface area contributed by atoms with Crippen molar-refractivity contribution in [3.05, 3.63) is 35.7 Å². The van der Waals surface area contributed by atoms with E-state index in [9.17, 15) is 8.78 Å². The Morgan fingerprint density at radius 1 is 1.24 bits per heavy atom. The zero-order valence-corrected chi connectivity index (χ0v) is 8.73. The second-order valence-electron chi connectivity index (χ2n) is 3.32. The van der Waals surface area contributed by atoms with Crippen LogP contribution < -0.4 is 0 Å². The van der Waals surface area contributed by atoms with Gasteiger partial charge in [-0.2, -0.15) is 8.78 Å². The van der Waals surface area contributed by atoms with Gasteiger partial charge in [0.15, 0.2) is 0 Å². The van der Waals surface area contributed by atoms with E-state index in [4.69, 9.17) is 10.8 Å². The zero-order valence-electron chi connectivity index (χ0n) is 8.73. The Hall–Kier alpha value is -2.22. The molecule has 0 radical (unpaired) electrons. The third-order valence-corrected chi connectivity index (χ3v) is 2.13. The number of benzene rings is 1. The zero-order chi connectivity index (χ0) is 12.3. The van der Waals surface area contributed by atoms with Gasteiger partial charge in [0.05, 0.1) is 0 Å². The standard InChI is InChI=1S/C12H8F2N2O/c1-2-3-8-4-6-9(7-5-8)11-15-16-12(17-11)10(13)14/h1,4-7,10H,3H2. The molecule has 0 amide bonds. The van der Waals surface area contributed by atoms with E-state index in [1.54, 1.807) is 24.3 Å². The van der Waals surface area contributed by atoms with E-state index < -0.39 is 12.3 Å². The van der Waals surface area contributed by atoms with E-state index in [-0.39, 0.29) is 5.89 Å². The van der Waals surface area contributed by atoms with Crippen LogP contribution in [0.2, 0.25) is 0 Å². The fourth-order valence-electron chi connectivity index (χ4n) is 1.32. The quantitative estimate of drug-likeness (QED) is 0.766. The molecule has 1 aromatic heterocycles. The highest BCUT2D eigenvalue weighted by Gasteiger charge is 2.16. The van der Waals surface area contributed by atoms with Gasteiger partial charge in [-0.1, -0.05) is 12.1 Å². The van der Waals surface area contributed by atoms with Crippen LogP contribution in [0.4, 0.5) is 8.78 Å². The Labute approximate surface area is 96.5 Å². The molecule has 86 valence electrons. The molecule has 2 rings (SSSR count). The molecular formula is C12H8F2N2O. The van der Waals surface area contributed by atoms with Crippen LogP contribution in [0.15, 0.2) is 28.7 Å². The van der Waals surface area contributed by atoms with Crippen molar-refractivity contribution < 1.29 is 13.2 Å². The minimum Gasteiger partial charge on any atom is -0.415 e. The highest BCUT2D eigenvalue weighted by molar-refractivity contribution is 5.53. The first-order chi connectivity index (χ1) is 8.20. The molecule has 5 heteroatoms. The molecule has 0 fully saturated rings. The second kappa shape index (κ2) is 4.74. The van der Waals surface area contributed by atoms with Crippen LogP contribution in [0.25, 0.3) is 11.5 Å². The second-order valence-corrected chi connectivity index (χ2v) is 3.32. The molecule has 17 heavy (non-hydrogen) atoms. The Morgan fingerprint density at radius 3 is 2.47 bits per heavy atom. The van der Waals surface area contributed by atoms with Gasteiger partial charge in [-0.05, 0) is 17.7 Å². The summed E-state index contributed by atoms with van der Waals surface area (Å²) in [6.07, 6.45) is 2.94. The SMILES string of the molecule is C#CCc1ccc(-c2nnc(C(F)F)o2)cc1. The Balaban J connectivity index is 2.24. The molecule has 0 unspecified atom stereocenters. The van der Waals surface area contributed by atoms with Gasteiger partial charge < -0.3 is 4.42 Å². The Bertz CT molecular complexity index is 540. The Morgan fingerprint density at radius 2 is 1.94 bits per heavy atom. The minimum absolute atomic E-state index is 0.0764. The van der Waals surface area contributed by atoms with Crippen LogP contribution >= 0.6 is 0 Å². The number of alkyl halides is 2. The summed E-state index contributed by atoms with van der Waals surface area (Å²) < 4.78 is 29.3. The minimum atomic E-state index is -2.75. The van der Waals surface area contributed by atoms with E-state index in [1.165, 1.54) is 0 Å². The largest absolute Gasteiger partial charge is 0.415 e. The molecule has 3 nitrogen and oxygen atoms in total. The van der Waals surface area contributed by atoms with Crippen LogP contribution in [-0.4, -0.2) is 10.2 Å². The molecule has 1 aromatic carbocycles. The molecular weight excluding hydrogens is 226 g/mol. The summed E-state index contributed by atoms with van der Waals surface area (Å²) >= 11 is 0. The van der Waals surface area contributed by atoms with Gasteiger partial charge in [-0.25, -0.2) is 0 Å². The maximum atomic E-state index is 12.2. The molecule has 1 heterocycles.